The van der Waals surface area contributed by atoms with Crippen molar-refractivity contribution in [1.82, 2.24) is 0 Å². The molecule has 9 heteroatoms. The quantitative estimate of drug-likeness (QED) is 0.257. The lowest BCUT2D eigenvalue weighted by molar-refractivity contribution is 0.101. The molecular weight excluding hydrogens is 461 g/mol. The van der Waals surface area contributed by atoms with Gasteiger partial charge in [0.05, 0.1) is 36.8 Å². The number of halogens is 1. The number of hydrogen-bond donors (Lipinski definition) is 2. The van der Waals surface area contributed by atoms with Gasteiger partial charge in [-0.15, -0.1) is 0 Å². The van der Waals surface area contributed by atoms with Crippen LogP contribution < -0.4 is 10.6 Å². The lowest BCUT2D eigenvalue weighted by atomic mass is 9.99. The Morgan fingerprint density at radius 1 is 1.12 bits per heavy atom. The third-order valence-electron chi connectivity index (χ3n) is 5.11. The van der Waals surface area contributed by atoms with Crippen LogP contribution in [-0.2, 0) is 13.6 Å². The van der Waals surface area contributed by atoms with Crippen LogP contribution in [0.4, 0.5) is 11.4 Å². The highest BCUT2D eigenvalue weighted by atomic mass is 35.5. The third kappa shape index (κ3) is 6.82. The second-order valence-electron chi connectivity index (χ2n) is 7.51. The normalized spacial score (nSPS) is 12.2. The van der Waals surface area contributed by atoms with Crippen molar-refractivity contribution < 1.29 is 18.4 Å². The van der Waals surface area contributed by atoms with Crippen molar-refractivity contribution in [3.8, 4) is 6.07 Å². The van der Waals surface area contributed by atoms with Crippen molar-refractivity contribution >= 4 is 36.4 Å². The van der Waals surface area contributed by atoms with Crippen molar-refractivity contribution in [2.24, 2.45) is 0 Å². The summed E-state index contributed by atoms with van der Waals surface area (Å²) in [6.45, 7) is 9.63. The van der Waals surface area contributed by atoms with Gasteiger partial charge in [-0.1, -0.05) is 29.8 Å². The minimum absolute atomic E-state index is 0.151. The van der Waals surface area contributed by atoms with E-state index in [1.54, 1.807) is 26.0 Å². The zero-order valence-corrected chi connectivity index (χ0v) is 21.3. The maximum Gasteiger partial charge on any atom is 0.332 e. The number of benzene rings is 2. The first-order valence-electron chi connectivity index (χ1n) is 10.8. The van der Waals surface area contributed by atoms with Crippen molar-refractivity contribution in [3.05, 3.63) is 57.6 Å². The van der Waals surface area contributed by atoms with E-state index in [2.05, 4.69) is 16.7 Å². The van der Waals surface area contributed by atoms with E-state index in [1.165, 1.54) is 6.92 Å². The van der Waals surface area contributed by atoms with Gasteiger partial charge in [0, 0.05) is 22.7 Å². The fourth-order valence-corrected chi connectivity index (χ4v) is 5.42. The van der Waals surface area contributed by atoms with Gasteiger partial charge in [-0.3, -0.25) is 9.36 Å². The Morgan fingerprint density at radius 2 is 1.79 bits per heavy atom. The van der Waals surface area contributed by atoms with Crippen LogP contribution in [0.15, 0.2) is 30.3 Å². The van der Waals surface area contributed by atoms with Gasteiger partial charge in [-0.2, -0.15) is 5.26 Å². The van der Waals surface area contributed by atoms with Crippen LogP contribution >= 0.6 is 19.2 Å². The van der Waals surface area contributed by atoms with E-state index >= 15 is 0 Å². The SMILES string of the molecule is CCOP(=O)(CCNc1c(C)ccc(C(C)=O)c1NC(C#N)c1c(C)cccc1Cl)OCC. The molecule has 0 spiro atoms. The number of carbonyl (C=O) groups excluding carboxylic acids is 1. The highest BCUT2D eigenvalue weighted by molar-refractivity contribution is 7.53. The number of rotatable bonds is 12. The molecule has 0 bridgehead atoms. The van der Waals surface area contributed by atoms with Crippen LogP contribution in [0.2, 0.25) is 5.02 Å². The summed E-state index contributed by atoms with van der Waals surface area (Å²) in [4.78, 5) is 12.4. The smallest absolute Gasteiger partial charge is 0.332 e. The van der Waals surface area contributed by atoms with Crippen molar-refractivity contribution in [2.75, 3.05) is 36.6 Å². The Hall–Kier alpha value is -2.36. The monoisotopic (exact) mass is 491 g/mol. The number of nitrogens with one attached hydrogen (secondary N) is 2. The zero-order valence-electron chi connectivity index (χ0n) is 19.7. The van der Waals surface area contributed by atoms with Crippen molar-refractivity contribution in [2.45, 2.75) is 40.7 Å². The molecule has 2 rings (SSSR count). The van der Waals surface area contributed by atoms with E-state index in [1.807, 2.05) is 32.0 Å². The van der Waals surface area contributed by atoms with Crippen LogP contribution in [-0.4, -0.2) is 31.7 Å². The molecule has 33 heavy (non-hydrogen) atoms. The first kappa shape index (κ1) is 26.9. The summed E-state index contributed by atoms with van der Waals surface area (Å²) >= 11 is 6.40. The largest absolute Gasteiger partial charge is 0.382 e. The maximum absolute atomic E-state index is 12.8. The summed E-state index contributed by atoms with van der Waals surface area (Å²) in [6.07, 6.45) is 0.156. The van der Waals surface area contributed by atoms with Crippen LogP contribution in [0.3, 0.4) is 0 Å². The molecular formula is C24H31ClN3O4P. The van der Waals surface area contributed by atoms with Gasteiger partial charge < -0.3 is 19.7 Å². The van der Waals surface area contributed by atoms with Gasteiger partial charge in [-0.25, -0.2) is 0 Å². The van der Waals surface area contributed by atoms with Crippen LogP contribution in [0.5, 0.6) is 0 Å². The van der Waals surface area contributed by atoms with E-state index < -0.39 is 13.6 Å². The first-order valence-corrected chi connectivity index (χ1v) is 13.0. The fourth-order valence-electron chi connectivity index (χ4n) is 3.58. The molecule has 0 aliphatic rings. The second kappa shape index (κ2) is 12.2. The average molecular weight is 492 g/mol. The number of hydrogen-bond acceptors (Lipinski definition) is 7. The molecule has 2 N–H and O–H groups in total. The lowest BCUT2D eigenvalue weighted by Crippen LogP contribution is -2.17. The highest BCUT2D eigenvalue weighted by Crippen LogP contribution is 2.47. The van der Waals surface area contributed by atoms with Crippen LogP contribution in [0, 0.1) is 25.2 Å². The molecule has 0 saturated heterocycles. The third-order valence-corrected chi connectivity index (χ3v) is 7.51. The number of aryl methyl sites for hydroxylation is 2. The number of anilines is 2. The van der Waals surface area contributed by atoms with E-state index in [4.69, 9.17) is 20.6 Å². The minimum atomic E-state index is -3.23. The summed E-state index contributed by atoms with van der Waals surface area (Å²) in [5, 5.41) is 16.9. The molecule has 0 heterocycles. The standard InChI is InChI=1S/C24H31ClN3O4P/c1-6-31-33(30,32-7-2)14-13-27-23-17(4)11-12-19(18(5)29)24(23)28-21(15-26)22-16(3)9-8-10-20(22)25/h8-12,21,27-28H,6-7,13-14H2,1-5H3. The predicted molar refractivity (Wildman–Crippen MR) is 134 cm³/mol. The highest BCUT2D eigenvalue weighted by Gasteiger charge is 2.25. The summed E-state index contributed by atoms with van der Waals surface area (Å²) in [5.74, 6) is -0.151. The van der Waals surface area contributed by atoms with Gasteiger partial charge in [-0.05, 0) is 57.9 Å². The van der Waals surface area contributed by atoms with Crippen molar-refractivity contribution in [1.29, 1.82) is 5.26 Å². The second-order valence-corrected chi connectivity index (χ2v) is 10.1. The lowest BCUT2D eigenvalue weighted by Gasteiger charge is -2.24. The van der Waals surface area contributed by atoms with Crippen LogP contribution in [0.1, 0.15) is 53.9 Å². The summed E-state index contributed by atoms with van der Waals surface area (Å²) in [6, 6.07) is 10.5. The Labute approximate surface area is 201 Å². The Bertz CT molecular complexity index is 1050. The summed E-state index contributed by atoms with van der Waals surface area (Å²) in [5.41, 5.74) is 3.95. The molecule has 0 aliphatic carbocycles. The van der Waals surface area contributed by atoms with Crippen LogP contribution in [0.25, 0.3) is 0 Å². The number of carbonyl (C=O) groups is 1. The molecule has 0 amide bonds. The molecule has 2 aromatic carbocycles. The molecule has 0 saturated carbocycles. The molecule has 0 aromatic heterocycles. The molecule has 2 aromatic rings. The number of nitriles is 1. The van der Waals surface area contributed by atoms with Crippen molar-refractivity contribution in [3.63, 3.8) is 0 Å². The van der Waals surface area contributed by atoms with Gasteiger partial charge in [0.1, 0.15) is 6.04 Å². The number of Topliss-reactive ketones (excluding diaryl/α,β-unsaturated/α-hetero) is 1. The zero-order chi connectivity index (χ0) is 24.6. The maximum atomic E-state index is 12.8. The number of nitrogens with zero attached hydrogens (tertiary/aromatic N) is 1. The molecule has 0 aliphatic heterocycles. The first-order chi connectivity index (χ1) is 15.7. The molecule has 1 atom stereocenters. The Kier molecular flexibility index (Phi) is 9.94. The van der Waals surface area contributed by atoms with Gasteiger partial charge in [0.15, 0.2) is 5.78 Å². The Morgan fingerprint density at radius 3 is 2.33 bits per heavy atom. The van der Waals surface area contributed by atoms with Gasteiger partial charge in [0.2, 0.25) is 0 Å². The fraction of sp³-hybridized carbons (Fsp3) is 0.417. The molecule has 7 nitrogen and oxygen atoms in total. The van der Waals surface area contributed by atoms with E-state index in [-0.39, 0.29) is 31.7 Å². The molecule has 1 unspecified atom stereocenters. The van der Waals surface area contributed by atoms with E-state index in [9.17, 15) is 14.6 Å². The number of ketones is 1. The Balaban J connectivity index is 2.43. The van der Waals surface area contributed by atoms with E-state index in [0.29, 0.717) is 27.5 Å². The average Bonchev–Trinajstić information content (AvgIpc) is 2.74. The molecule has 178 valence electrons. The minimum Gasteiger partial charge on any atom is -0.382 e. The molecule has 0 radical (unpaired) electrons. The van der Waals surface area contributed by atoms with Gasteiger partial charge >= 0.3 is 7.60 Å². The predicted octanol–water partition coefficient (Wildman–Crippen LogP) is 6.51. The summed E-state index contributed by atoms with van der Waals surface area (Å²) in [7, 11) is -3.23. The molecule has 0 fully saturated rings. The summed E-state index contributed by atoms with van der Waals surface area (Å²) < 4.78 is 23.5. The van der Waals surface area contributed by atoms with E-state index in [0.717, 1.165) is 11.1 Å². The van der Waals surface area contributed by atoms with Gasteiger partial charge in [0.25, 0.3) is 0 Å². The topological polar surface area (TPSA) is 100 Å².